The van der Waals surface area contributed by atoms with Crippen LogP contribution in [0.1, 0.15) is 10.4 Å². The normalized spacial score (nSPS) is 10.7. The molecule has 2 amide bonds. The molecule has 1 heterocycles. The average Bonchev–Trinajstić information content (AvgIpc) is 3.09. The van der Waals surface area contributed by atoms with Gasteiger partial charge in [-0.05, 0) is 42.5 Å². The fourth-order valence-electron chi connectivity index (χ4n) is 2.77. The van der Waals surface area contributed by atoms with Gasteiger partial charge in [0.05, 0.1) is 17.2 Å². The highest BCUT2D eigenvalue weighted by atomic mass is 35.5. The number of aromatic nitrogens is 1. The molecule has 6 nitrogen and oxygen atoms in total. The van der Waals surface area contributed by atoms with Crippen molar-refractivity contribution in [2.75, 3.05) is 20.2 Å². The zero-order valence-electron chi connectivity index (χ0n) is 15.2. The van der Waals surface area contributed by atoms with E-state index in [0.29, 0.717) is 28.7 Å². The fraction of sp³-hybridized carbons (Fsp3) is 0.200. The van der Waals surface area contributed by atoms with E-state index >= 15 is 0 Å². The second kappa shape index (κ2) is 8.99. The number of rotatable bonds is 7. The summed E-state index contributed by atoms with van der Waals surface area (Å²) in [5.74, 6) is 0.350. The molecule has 0 spiro atoms. The highest BCUT2D eigenvalue weighted by molar-refractivity contribution is 6.42. The van der Waals surface area contributed by atoms with Gasteiger partial charge in [-0.2, -0.15) is 0 Å². The van der Waals surface area contributed by atoms with Gasteiger partial charge in [-0.15, -0.1) is 0 Å². The molecule has 0 radical (unpaired) electrons. The minimum Gasteiger partial charge on any atom is -0.497 e. The van der Waals surface area contributed by atoms with E-state index in [9.17, 15) is 9.59 Å². The summed E-state index contributed by atoms with van der Waals surface area (Å²) >= 11 is 11.7. The van der Waals surface area contributed by atoms with Gasteiger partial charge in [-0.25, -0.2) is 0 Å². The van der Waals surface area contributed by atoms with Crippen LogP contribution < -0.4 is 15.4 Å². The van der Waals surface area contributed by atoms with Crippen LogP contribution in [0.2, 0.25) is 10.0 Å². The zero-order valence-corrected chi connectivity index (χ0v) is 16.7. The first-order valence-electron chi connectivity index (χ1n) is 8.61. The summed E-state index contributed by atoms with van der Waals surface area (Å²) in [5.41, 5.74) is 1.36. The lowest BCUT2D eigenvalue weighted by atomic mass is 10.2. The Kier molecular flexibility index (Phi) is 6.44. The lowest BCUT2D eigenvalue weighted by molar-refractivity contribution is -0.121. The molecule has 0 bridgehead atoms. The summed E-state index contributed by atoms with van der Waals surface area (Å²) in [6, 6.07) is 12.3. The second-order valence-electron chi connectivity index (χ2n) is 6.10. The molecular formula is C20H19Cl2N3O3. The molecule has 0 aliphatic carbocycles. The number of methoxy groups -OCH3 is 1. The van der Waals surface area contributed by atoms with Gasteiger partial charge in [-0.3, -0.25) is 9.59 Å². The first kappa shape index (κ1) is 20.0. The van der Waals surface area contributed by atoms with E-state index < -0.39 is 0 Å². The lowest BCUT2D eigenvalue weighted by Crippen LogP contribution is -2.36. The molecule has 0 atom stereocenters. The maximum Gasteiger partial charge on any atom is 0.251 e. The summed E-state index contributed by atoms with van der Waals surface area (Å²) in [7, 11) is 1.62. The Balaban J connectivity index is 1.47. The molecule has 8 heteroatoms. The molecule has 0 saturated heterocycles. The summed E-state index contributed by atoms with van der Waals surface area (Å²) in [6.45, 7) is 0.809. The van der Waals surface area contributed by atoms with Gasteiger partial charge in [0.1, 0.15) is 12.3 Å². The molecule has 2 aromatic carbocycles. The van der Waals surface area contributed by atoms with Crippen LogP contribution in [-0.2, 0) is 11.3 Å². The van der Waals surface area contributed by atoms with Crippen LogP contribution in [0.5, 0.6) is 5.75 Å². The number of benzene rings is 2. The maximum atomic E-state index is 12.2. The number of carbonyl (C=O) groups excluding carboxylic acids is 2. The molecule has 0 aliphatic heterocycles. The molecular weight excluding hydrogens is 401 g/mol. The fourth-order valence-corrected chi connectivity index (χ4v) is 3.07. The number of hydrogen-bond acceptors (Lipinski definition) is 3. The summed E-state index contributed by atoms with van der Waals surface area (Å²) in [6.07, 6.45) is 1.86. The molecule has 0 aliphatic rings. The molecule has 1 aromatic heterocycles. The number of ether oxygens (including phenoxy) is 1. The van der Waals surface area contributed by atoms with E-state index in [0.717, 1.165) is 16.7 Å². The van der Waals surface area contributed by atoms with Crippen LogP contribution in [0.15, 0.2) is 48.7 Å². The first-order chi connectivity index (χ1) is 13.5. The predicted molar refractivity (Wildman–Crippen MR) is 110 cm³/mol. The third-order valence-electron chi connectivity index (χ3n) is 4.21. The Bertz CT molecular complexity index is 1020. The van der Waals surface area contributed by atoms with E-state index in [1.807, 2.05) is 35.0 Å². The van der Waals surface area contributed by atoms with Gasteiger partial charge < -0.3 is 19.9 Å². The summed E-state index contributed by atoms with van der Waals surface area (Å²) in [4.78, 5) is 24.2. The van der Waals surface area contributed by atoms with Crippen molar-refractivity contribution in [3.63, 3.8) is 0 Å². The lowest BCUT2D eigenvalue weighted by Gasteiger charge is -2.09. The predicted octanol–water partition coefficient (Wildman–Crippen LogP) is 3.50. The van der Waals surface area contributed by atoms with Crippen molar-refractivity contribution in [2.45, 2.75) is 6.54 Å². The van der Waals surface area contributed by atoms with E-state index in [-0.39, 0.29) is 18.4 Å². The van der Waals surface area contributed by atoms with Crippen LogP contribution in [0.3, 0.4) is 0 Å². The number of carbonyl (C=O) groups is 2. The Morgan fingerprint density at radius 1 is 1.00 bits per heavy atom. The van der Waals surface area contributed by atoms with Crippen molar-refractivity contribution in [3.8, 4) is 5.75 Å². The van der Waals surface area contributed by atoms with Crippen molar-refractivity contribution in [1.82, 2.24) is 15.2 Å². The minimum atomic E-state index is -0.279. The highest BCUT2D eigenvalue weighted by Crippen LogP contribution is 2.23. The SMILES string of the molecule is COc1ccc2c(ccn2CC(=O)NCCNC(=O)c2ccc(Cl)c(Cl)c2)c1. The summed E-state index contributed by atoms with van der Waals surface area (Å²) in [5, 5.41) is 7.23. The van der Waals surface area contributed by atoms with Crippen molar-refractivity contribution < 1.29 is 14.3 Å². The van der Waals surface area contributed by atoms with Crippen molar-refractivity contribution in [2.24, 2.45) is 0 Å². The smallest absolute Gasteiger partial charge is 0.251 e. The van der Waals surface area contributed by atoms with Crippen LogP contribution >= 0.6 is 23.2 Å². The standard InChI is InChI=1S/C20H19Cl2N3O3/c1-28-15-3-5-18-13(10-15)6-9-25(18)12-19(26)23-7-8-24-20(27)14-2-4-16(21)17(22)11-14/h2-6,9-11H,7-8,12H2,1H3,(H,23,26)(H,24,27). The molecule has 0 unspecified atom stereocenters. The van der Waals surface area contributed by atoms with E-state index in [2.05, 4.69) is 10.6 Å². The quantitative estimate of drug-likeness (QED) is 0.575. The number of fused-ring (bicyclic) bond motifs is 1. The van der Waals surface area contributed by atoms with Crippen molar-refractivity contribution in [3.05, 3.63) is 64.3 Å². The van der Waals surface area contributed by atoms with Gasteiger partial charge in [0.2, 0.25) is 5.91 Å². The van der Waals surface area contributed by atoms with Crippen molar-refractivity contribution in [1.29, 1.82) is 0 Å². The number of hydrogen-bond donors (Lipinski definition) is 2. The molecule has 3 aromatic rings. The van der Waals surface area contributed by atoms with Crippen LogP contribution in [0.25, 0.3) is 10.9 Å². The minimum absolute atomic E-state index is 0.142. The zero-order chi connectivity index (χ0) is 20.1. The van der Waals surface area contributed by atoms with Crippen LogP contribution in [0.4, 0.5) is 0 Å². The Morgan fingerprint density at radius 2 is 1.79 bits per heavy atom. The van der Waals surface area contributed by atoms with Gasteiger partial charge in [0, 0.05) is 35.8 Å². The third-order valence-corrected chi connectivity index (χ3v) is 4.95. The number of halogens is 2. The monoisotopic (exact) mass is 419 g/mol. The molecule has 146 valence electrons. The van der Waals surface area contributed by atoms with Crippen LogP contribution in [0, 0.1) is 0 Å². The topological polar surface area (TPSA) is 72.4 Å². The molecule has 2 N–H and O–H groups in total. The van der Waals surface area contributed by atoms with Crippen LogP contribution in [-0.4, -0.2) is 36.6 Å². The Labute approximate surface area is 172 Å². The van der Waals surface area contributed by atoms with E-state index in [1.54, 1.807) is 19.2 Å². The molecule has 0 saturated carbocycles. The number of nitrogens with zero attached hydrogens (tertiary/aromatic N) is 1. The second-order valence-corrected chi connectivity index (χ2v) is 6.92. The van der Waals surface area contributed by atoms with Gasteiger partial charge in [0.15, 0.2) is 0 Å². The number of nitrogens with one attached hydrogen (secondary N) is 2. The van der Waals surface area contributed by atoms with E-state index in [4.69, 9.17) is 27.9 Å². The van der Waals surface area contributed by atoms with Gasteiger partial charge in [0.25, 0.3) is 5.91 Å². The Hall–Kier alpha value is -2.70. The molecule has 3 rings (SSSR count). The van der Waals surface area contributed by atoms with Gasteiger partial charge in [-0.1, -0.05) is 23.2 Å². The third kappa shape index (κ3) is 4.77. The summed E-state index contributed by atoms with van der Waals surface area (Å²) < 4.78 is 7.06. The maximum absolute atomic E-state index is 12.2. The average molecular weight is 420 g/mol. The number of amides is 2. The molecule has 28 heavy (non-hydrogen) atoms. The highest BCUT2D eigenvalue weighted by Gasteiger charge is 2.09. The van der Waals surface area contributed by atoms with Crippen molar-refractivity contribution >= 4 is 45.9 Å². The first-order valence-corrected chi connectivity index (χ1v) is 9.36. The van der Waals surface area contributed by atoms with E-state index in [1.165, 1.54) is 6.07 Å². The largest absolute Gasteiger partial charge is 0.497 e. The molecule has 0 fully saturated rings. The Morgan fingerprint density at radius 3 is 2.54 bits per heavy atom. The van der Waals surface area contributed by atoms with Gasteiger partial charge >= 0.3 is 0 Å².